The fourth-order valence-electron chi connectivity index (χ4n) is 8.62. The Kier molecular flexibility index (Phi) is 113. The van der Waals surface area contributed by atoms with E-state index in [1.54, 1.807) is 0 Å². The molecule has 0 aromatic rings. The maximum Gasteiger partial charge on any atom is 0.147 e. The molecule has 0 radical (unpaired) electrons. The van der Waals surface area contributed by atoms with Crippen molar-refractivity contribution in [2.45, 2.75) is 19.3 Å². The quantitative estimate of drug-likeness (QED) is 0.0409. The first-order chi connectivity index (χ1) is 60.3. The molecule has 0 bridgehead atoms. The molecular formula is C80H159NO40. The fourth-order valence-corrected chi connectivity index (χ4v) is 8.62. The maximum absolute atomic E-state index is 11.3. The first kappa shape index (κ1) is 119. The summed E-state index contributed by atoms with van der Waals surface area (Å²) in [6, 6.07) is 0. The Morgan fingerprint density at radius 1 is 0.149 bits per heavy atom. The largest absolute Gasteiger partial charge is 0.394 e. The van der Waals surface area contributed by atoms with Crippen LogP contribution < -0.4 is 5.48 Å². The van der Waals surface area contributed by atoms with Gasteiger partial charge in [0.25, 0.3) is 0 Å². The van der Waals surface area contributed by atoms with Crippen molar-refractivity contribution in [2.75, 3.05) is 496 Å². The molecule has 724 valence electrons. The van der Waals surface area contributed by atoms with Crippen molar-refractivity contribution in [2.24, 2.45) is 0 Å². The summed E-state index contributed by atoms with van der Waals surface area (Å²) in [7, 11) is 0. The summed E-state index contributed by atoms with van der Waals surface area (Å²) in [5.41, 5.74) is 2.93. The molecule has 0 rings (SSSR count). The highest BCUT2D eigenvalue weighted by atomic mass is 16.7. The van der Waals surface area contributed by atoms with Gasteiger partial charge >= 0.3 is 0 Å². The van der Waals surface area contributed by atoms with Crippen LogP contribution in [0.4, 0.5) is 0 Å². The Hall–Kier alpha value is -2.31. The first-order valence-electron chi connectivity index (χ1n) is 43.0. The molecule has 121 heavy (non-hydrogen) atoms. The number of unbranched alkanes of at least 4 members (excludes halogenated alkanes) is 1. The van der Waals surface area contributed by atoms with Crippen LogP contribution in [0.1, 0.15) is 19.3 Å². The van der Waals surface area contributed by atoms with E-state index < -0.39 is 0 Å². The van der Waals surface area contributed by atoms with E-state index in [4.69, 9.17) is 186 Å². The van der Waals surface area contributed by atoms with Gasteiger partial charge in [0.2, 0.25) is 0 Å². The smallest absolute Gasteiger partial charge is 0.147 e. The number of hydrogen-bond donors (Lipinski definition) is 3. The van der Waals surface area contributed by atoms with Crippen molar-refractivity contribution in [1.82, 2.24) is 5.48 Å². The highest BCUT2D eigenvalue weighted by Gasteiger charge is 2.06. The van der Waals surface area contributed by atoms with Gasteiger partial charge in [-0.3, -0.25) is 10.3 Å². The SMILES string of the molecule is O=C=C(CCOCCOCCOCCOCCOCCOCCOCCOCCOCCOCCOCCOCCOCCOCCOCCOCCOCCOCCO)NOCCCCOCCOCCOCCOCCOCCOCCOCCOCCOCCOCCOCCOCCOCCOCCOCCOCCOCCOCCO. The van der Waals surface area contributed by atoms with Gasteiger partial charge in [0, 0.05) is 13.0 Å². The lowest BCUT2D eigenvalue weighted by Crippen LogP contribution is -2.18. The third-order valence-corrected chi connectivity index (χ3v) is 14.7. The number of carbonyl (C=O) groups excluding carboxylic acids is 1. The predicted octanol–water partition coefficient (Wildman–Crippen LogP) is -0.0244. The zero-order valence-electron chi connectivity index (χ0n) is 73.1. The minimum absolute atomic E-state index is 0.0134. The van der Waals surface area contributed by atoms with E-state index in [1.165, 1.54) is 0 Å². The lowest BCUT2D eigenvalue weighted by Gasteiger charge is -2.10. The van der Waals surface area contributed by atoms with Crippen LogP contribution in [0.2, 0.25) is 0 Å². The highest BCUT2D eigenvalue weighted by Crippen LogP contribution is 1.99. The van der Waals surface area contributed by atoms with Crippen LogP contribution in [0.25, 0.3) is 0 Å². The van der Waals surface area contributed by atoms with Crippen LogP contribution in [0.5, 0.6) is 0 Å². The second-order valence-corrected chi connectivity index (χ2v) is 24.5. The van der Waals surface area contributed by atoms with Crippen LogP contribution in [-0.2, 0) is 180 Å². The second kappa shape index (κ2) is 116. The lowest BCUT2D eigenvalue weighted by atomic mass is 10.3. The summed E-state index contributed by atoms with van der Waals surface area (Å²) in [6.45, 7) is 34.0. The van der Waals surface area contributed by atoms with Gasteiger partial charge in [-0.05, 0) is 12.8 Å². The van der Waals surface area contributed by atoms with Crippen LogP contribution in [0.3, 0.4) is 0 Å². The Morgan fingerprint density at radius 2 is 0.256 bits per heavy atom. The van der Waals surface area contributed by atoms with Gasteiger partial charge in [-0.15, -0.1) is 0 Å². The molecule has 0 unspecified atom stereocenters. The molecule has 0 atom stereocenters. The Morgan fingerprint density at radius 3 is 0.380 bits per heavy atom. The molecule has 0 fully saturated rings. The number of aliphatic hydroxyl groups excluding tert-OH is 2. The summed E-state index contributed by atoms with van der Waals surface area (Å²) < 4.78 is 198. The van der Waals surface area contributed by atoms with Crippen LogP contribution in [0, 0.1) is 0 Å². The number of aliphatic hydroxyl groups is 2. The van der Waals surface area contributed by atoms with E-state index in [0.29, 0.717) is 489 Å². The van der Waals surface area contributed by atoms with Gasteiger partial charge < -0.3 is 181 Å². The Bertz CT molecular complexity index is 1860. The minimum Gasteiger partial charge on any atom is -0.394 e. The van der Waals surface area contributed by atoms with Gasteiger partial charge in [0.15, 0.2) is 0 Å². The molecule has 0 aromatic carbocycles. The molecule has 0 saturated carbocycles. The van der Waals surface area contributed by atoms with Crippen LogP contribution in [0.15, 0.2) is 5.70 Å². The lowest BCUT2D eigenvalue weighted by molar-refractivity contribution is -0.0311. The van der Waals surface area contributed by atoms with Crippen molar-refractivity contribution >= 4 is 5.94 Å². The summed E-state index contributed by atoms with van der Waals surface area (Å²) in [5, 5.41) is 17.3. The van der Waals surface area contributed by atoms with E-state index in [0.717, 1.165) is 12.8 Å². The maximum atomic E-state index is 11.3. The van der Waals surface area contributed by atoms with Crippen molar-refractivity contribution in [3.63, 3.8) is 0 Å². The van der Waals surface area contributed by atoms with Gasteiger partial charge in [-0.2, -0.15) is 0 Å². The van der Waals surface area contributed by atoms with E-state index in [9.17, 15) is 4.79 Å². The third kappa shape index (κ3) is 114. The molecule has 0 saturated heterocycles. The summed E-state index contributed by atoms with van der Waals surface area (Å²) >= 11 is 0. The van der Waals surface area contributed by atoms with Gasteiger partial charge in [0.05, 0.1) is 489 Å². The number of nitrogens with one attached hydrogen (secondary N) is 1. The van der Waals surface area contributed by atoms with Crippen LogP contribution >= 0.6 is 0 Å². The number of ether oxygens (including phenoxy) is 36. The summed E-state index contributed by atoms with van der Waals surface area (Å²) in [6.07, 6.45) is 1.87. The molecular weight excluding hydrogens is 1610 g/mol. The van der Waals surface area contributed by atoms with E-state index in [1.807, 2.05) is 5.94 Å². The van der Waals surface area contributed by atoms with Gasteiger partial charge in [-0.25, -0.2) is 4.79 Å². The molecule has 0 amide bonds. The Labute approximate surface area is 719 Å². The van der Waals surface area contributed by atoms with Crippen molar-refractivity contribution in [1.29, 1.82) is 0 Å². The van der Waals surface area contributed by atoms with Gasteiger partial charge in [-0.1, -0.05) is 0 Å². The van der Waals surface area contributed by atoms with Crippen LogP contribution in [-0.4, -0.2) is 512 Å². The second-order valence-electron chi connectivity index (χ2n) is 24.5. The molecule has 41 heteroatoms. The third-order valence-electron chi connectivity index (χ3n) is 14.7. The normalized spacial score (nSPS) is 11.7. The fraction of sp³-hybridized carbons (Fsp3) is 0.975. The van der Waals surface area contributed by atoms with E-state index in [-0.39, 0.29) is 18.9 Å². The van der Waals surface area contributed by atoms with Gasteiger partial charge in [0.1, 0.15) is 11.6 Å². The standard InChI is InChI=1S/C80H159NO40/c82-4-9-87-13-17-91-21-25-95-29-33-99-37-41-103-45-49-107-53-57-111-61-65-115-69-73-119-77-75-117-71-67-113-63-59-109-55-51-105-47-43-101-39-35-97-31-27-93-23-19-89-15-11-85-6-1-2-7-121-81-80(79-84)3-8-86-12-16-90-20-24-94-28-32-98-36-40-102-44-48-106-52-56-110-60-64-114-68-72-118-76-78-120-74-70-116-66-62-112-58-54-108-50-46-104-42-38-100-34-30-96-26-22-92-18-14-88-10-5-83/h81-83H,1-78H2. The summed E-state index contributed by atoms with van der Waals surface area (Å²) in [4.78, 5) is 16.7. The molecule has 0 aliphatic heterocycles. The molecule has 3 N–H and O–H groups in total. The molecule has 41 nitrogen and oxygen atoms in total. The average Bonchev–Trinajstić information content (AvgIpc) is 1.07. The zero-order valence-corrected chi connectivity index (χ0v) is 73.1. The predicted molar refractivity (Wildman–Crippen MR) is 436 cm³/mol. The Balaban J connectivity index is 3.18. The first-order valence-corrected chi connectivity index (χ1v) is 43.0. The number of rotatable bonds is 116. The highest BCUT2D eigenvalue weighted by molar-refractivity contribution is 5.50. The molecule has 0 spiro atoms. The topological polar surface area (TPSA) is 411 Å². The molecule has 0 aliphatic rings. The summed E-state index contributed by atoms with van der Waals surface area (Å²) in [5.74, 6) is 1.86. The van der Waals surface area contributed by atoms with E-state index in [2.05, 4.69) is 5.48 Å². The van der Waals surface area contributed by atoms with Crippen molar-refractivity contribution < 1.29 is 190 Å². The molecule has 0 aliphatic carbocycles. The zero-order chi connectivity index (χ0) is 86.3. The molecule has 0 aromatic heterocycles. The van der Waals surface area contributed by atoms with E-state index >= 15 is 0 Å². The average molecular weight is 1780 g/mol. The number of hydroxylamine groups is 1. The monoisotopic (exact) mass is 1770 g/mol. The minimum atomic E-state index is 0.0134. The van der Waals surface area contributed by atoms with Crippen molar-refractivity contribution in [3.8, 4) is 0 Å². The van der Waals surface area contributed by atoms with Crippen molar-refractivity contribution in [3.05, 3.63) is 5.70 Å². The molecule has 0 heterocycles. The number of hydrogen-bond acceptors (Lipinski definition) is 41.